The van der Waals surface area contributed by atoms with Gasteiger partial charge < -0.3 is 11.1 Å². The zero-order valence-electron chi connectivity index (χ0n) is 13.4. The maximum atomic E-state index is 8.58. The molecule has 120 valence electrons. The predicted molar refractivity (Wildman–Crippen MR) is 90.3 cm³/mol. The Morgan fingerprint density at radius 2 is 1.91 bits per heavy atom. The molecule has 7 nitrogen and oxygen atoms in total. The van der Waals surface area contributed by atoms with E-state index in [4.69, 9.17) is 9.89 Å². The van der Waals surface area contributed by atoms with Gasteiger partial charge in [-0.05, 0) is 19.1 Å². The van der Waals surface area contributed by atoms with Crippen molar-refractivity contribution in [1.82, 2.24) is 19.6 Å². The van der Waals surface area contributed by atoms with Crippen LogP contribution in [0.2, 0.25) is 0 Å². The maximum absolute atomic E-state index is 8.58. The number of carbonyl (C=O) groups excluding carboxylic acids is 1. The lowest BCUT2D eigenvalue weighted by Gasteiger charge is -2.06. The van der Waals surface area contributed by atoms with Gasteiger partial charge in [0.15, 0.2) is 0 Å². The van der Waals surface area contributed by atoms with E-state index >= 15 is 0 Å². The largest absolute Gasteiger partial charge is 0.373 e. The first-order chi connectivity index (χ1) is 11.1. The first kappa shape index (κ1) is 16.3. The number of nitrogens with one attached hydrogen (secondary N) is 1. The number of hydrogen-bond acceptors (Lipinski definition) is 4. The first-order valence-corrected chi connectivity index (χ1v) is 7.09. The number of amides is 1. The zero-order valence-corrected chi connectivity index (χ0v) is 13.4. The number of nitrogens with zero attached hydrogens (tertiary/aromatic N) is 4. The molecule has 1 amide bonds. The maximum Gasteiger partial charge on any atom is 0.204 e. The Hall–Kier alpha value is -3.09. The molecule has 0 fully saturated rings. The number of hydrogen-bond donors (Lipinski definition) is 2. The van der Waals surface area contributed by atoms with Crippen LogP contribution in [0.3, 0.4) is 0 Å². The standard InChI is InChI=1S/C15H17N5.CH3NO/c1-11-14(12-9-17-19(3)10-12)18-20(15(11)16-2)13-7-5-4-6-8-13;2-1-3/h4-10,16H,1-3H3;1H,(H2,2,3). The van der Waals surface area contributed by atoms with Gasteiger partial charge in [0.05, 0.1) is 11.9 Å². The van der Waals surface area contributed by atoms with Gasteiger partial charge in [-0.1, -0.05) is 18.2 Å². The second kappa shape index (κ2) is 7.26. The van der Waals surface area contributed by atoms with Gasteiger partial charge in [0.1, 0.15) is 11.5 Å². The number of primary amides is 1. The molecule has 2 heterocycles. The Morgan fingerprint density at radius 3 is 2.43 bits per heavy atom. The minimum atomic E-state index is 0.250. The Balaban J connectivity index is 0.000000595. The van der Waals surface area contributed by atoms with Gasteiger partial charge in [0, 0.05) is 31.4 Å². The van der Waals surface area contributed by atoms with Crippen molar-refractivity contribution in [2.45, 2.75) is 6.92 Å². The van der Waals surface area contributed by atoms with E-state index in [0.29, 0.717) is 0 Å². The molecule has 0 saturated carbocycles. The zero-order chi connectivity index (χ0) is 16.8. The number of aryl methyl sites for hydroxylation is 1. The Labute approximate surface area is 134 Å². The average Bonchev–Trinajstić information content (AvgIpc) is 3.12. The first-order valence-electron chi connectivity index (χ1n) is 7.09. The summed E-state index contributed by atoms with van der Waals surface area (Å²) >= 11 is 0. The van der Waals surface area contributed by atoms with Gasteiger partial charge in [-0.2, -0.15) is 10.2 Å². The van der Waals surface area contributed by atoms with E-state index in [1.165, 1.54) is 0 Å². The highest BCUT2D eigenvalue weighted by Gasteiger charge is 2.16. The normalized spacial score (nSPS) is 9.87. The quantitative estimate of drug-likeness (QED) is 0.721. The molecular formula is C16H20N6O. The highest BCUT2D eigenvalue weighted by Crippen LogP contribution is 2.29. The van der Waals surface area contributed by atoms with E-state index in [9.17, 15) is 0 Å². The monoisotopic (exact) mass is 312 g/mol. The molecule has 0 atom stereocenters. The van der Waals surface area contributed by atoms with Crippen molar-refractivity contribution in [2.24, 2.45) is 12.8 Å². The van der Waals surface area contributed by atoms with E-state index < -0.39 is 0 Å². The third-order valence-corrected chi connectivity index (χ3v) is 3.34. The van der Waals surface area contributed by atoms with E-state index in [2.05, 4.69) is 23.1 Å². The van der Waals surface area contributed by atoms with E-state index in [1.54, 1.807) is 4.68 Å². The van der Waals surface area contributed by atoms with Gasteiger partial charge in [0.2, 0.25) is 6.41 Å². The van der Waals surface area contributed by atoms with Gasteiger partial charge in [-0.25, -0.2) is 4.68 Å². The van der Waals surface area contributed by atoms with Crippen molar-refractivity contribution in [2.75, 3.05) is 12.4 Å². The van der Waals surface area contributed by atoms with E-state index in [0.717, 1.165) is 28.3 Å². The number of nitrogens with two attached hydrogens (primary N) is 1. The molecule has 7 heteroatoms. The molecule has 0 saturated heterocycles. The van der Waals surface area contributed by atoms with Crippen LogP contribution < -0.4 is 11.1 Å². The summed E-state index contributed by atoms with van der Waals surface area (Å²) in [5.74, 6) is 0.995. The molecular weight excluding hydrogens is 292 g/mol. The number of para-hydroxylation sites is 1. The van der Waals surface area contributed by atoms with E-state index in [1.807, 2.05) is 61.5 Å². The van der Waals surface area contributed by atoms with Gasteiger partial charge >= 0.3 is 0 Å². The molecule has 0 radical (unpaired) electrons. The molecule has 0 unspecified atom stereocenters. The molecule has 1 aromatic carbocycles. The lowest BCUT2D eigenvalue weighted by atomic mass is 10.1. The van der Waals surface area contributed by atoms with Crippen LogP contribution in [0.4, 0.5) is 5.82 Å². The molecule has 0 spiro atoms. The van der Waals surface area contributed by atoms with Crippen molar-refractivity contribution in [3.8, 4) is 16.9 Å². The van der Waals surface area contributed by atoms with Crippen LogP contribution in [0.15, 0.2) is 42.7 Å². The van der Waals surface area contributed by atoms with Crippen LogP contribution in [0, 0.1) is 6.92 Å². The van der Waals surface area contributed by atoms with Crippen LogP contribution in [0.5, 0.6) is 0 Å². The van der Waals surface area contributed by atoms with Gasteiger partial charge in [0.25, 0.3) is 0 Å². The highest BCUT2D eigenvalue weighted by molar-refractivity contribution is 5.69. The molecule has 23 heavy (non-hydrogen) atoms. The van der Waals surface area contributed by atoms with Crippen LogP contribution in [0.25, 0.3) is 16.9 Å². The van der Waals surface area contributed by atoms with E-state index in [-0.39, 0.29) is 6.41 Å². The number of rotatable bonds is 3. The van der Waals surface area contributed by atoms with Crippen LogP contribution in [-0.4, -0.2) is 33.0 Å². The summed E-state index contributed by atoms with van der Waals surface area (Å²) in [6.07, 6.45) is 4.06. The fraction of sp³-hybridized carbons (Fsp3) is 0.188. The Morgan fingerprint density at radius 1 is 1.26 bits per heavy atom. The van der Waals surface area contributed by atoms with Crippen LogP contribution in [-0.2, 0) is 11.8 Å². The minimum Gasteiger partial charge on any atom is -0.373 e. The number of anilines is 1. The summed E-state index contributed by atoms with van der Waals surface area (Å²) in [5.41, 5.74) is 8.29. The number of benzene rings is 1. The van der Waals surface area contributed by atoms with Crippen molar-refractivity contribution in [3.63, 3.8) is 0 Å². The molecule has 0 bridgehead atoms. The van der Waals surface area contributed by atoms with Gasteiger partial charge in [-0.3, -0.25) is 9.48 Å². The summed E-state index contributed by atoms with van der Waals surface area (Å²) < 4.78 is 3.72. The summed E-state index contributed by atoms with van der Waals surface area (Å²) in [6, 6.07) is 10.1. The fourth-order valence-corrected chi connectivity index (χ4v) is 2.36. The second-order valence-corrected chi connectivity index (χ2v) is 4.86. The molecule has 0 aliphatic carbocycles. The van der Waals surface area contributed by atoms with Crippen LogP contribution >= 0.6 is 0 Å². The Kier molecular flexibility index (Phi) is 5.14. The summed E-state index contributed by atoms with van der Waals surface area (Å²) in [6.45, 7) is 2.07. The molecule has 2 aromatic heterocycles. The number of aromatic nitrogens is 4. The summed E-state index contributed by atoms with van der Waals surface area (Å²) in [4.78, 5) is 8.58. The van der Waals surface area contributed by atoms with Crippen molar-refractivity contribution in [1.29, 1.82) is 0 Å². The van der Waals surface area contributed by atoms with Crippen molar-refractivity contribution < 1.29 is 4.79 Å². The predicted octanol–water partition coefficient (Wildman–Crippen LogP) is 1.72. The molecule has 3 aromatic rings. The third-order valence-electron chi connectivity index (χ3n) is 3.34. The number of carbonyl (C=O) groups is 1. The molecule has 3 N–H and O–H groups in total. The fourth-order valence-electron chi connectivity index (χ4n) is 2.36. The molecule has 0 aliphatic rings. The molecule has 0 aliphatic heterocycles. The molecule has 3 rings (SSSR count). The summed E-state index contributed by atoms with van der Waals surface area (Å²) in [5, 5.41) is 12.2. The lowest BCUT2D eigenvalue weighted by molar-refractivity contribution is -0.106. The average molecular weight is 312 g/mol. The Bertz CT molecular complexity index is 775. The minimum absolute atomic E-state index is 0.250. The van der Waals surface area contributed by atoms with Crippen LogP contribution in [0.1, 0.15) is 5.56 Å². The third kappa shape index (κ3) is 3.39. The second-order valence-electron chi connectivity index (χ2n) is 4.86. The van der Waals surface area contributed by atoms with Crippen molar-refractivity contribution >= 4 is 12.2 Å². The van der Waals surface area contributed by atoms with Gasteiger partial charge in [-0.15, -0.1) is 0 Å². The smallest absolute Gasteiger partial charge is 0.204 e. The van der Waals surface area contributed by atoms with Crippen molar-refractivity contribution in [3.05, 3.63) is 48.3 Å². The SMILES string of the molecule is CNc1c(C)c(-c2cnn(C)c2)nn1-c1ccccc1.NC=O. The highest BCUT2D eigenvalue weighted by atomic mass is 16.1. The summed E-state index contributed by atoms with van der Waals surface area (Å²) in [7, 11) is 3.82. The lowest BCUT2D eigenvalue weighted by Crippen LogP contribution is -2.02. The topological polar surface area (TPSA) is 90.8 Å².